The second-order valence-corrected chi connectivity index (χ2v) is 6.13. The number of hydrogen-bond acceptors (Lipinski definition) is 5. The van der Waals surface area contributed by atoms with Gasteiger partial charge in [-0.25, -0.2) is 19.4 Å². The Morgan fingerprint density at radius 3 is 3.00 bits per heavy atom. The average molecular weight is 328 g/mol. The van der Waals surface area contributed by atoms with Crippen molar-refractivity contribution in [3.05, 3.63) is 31.0 Å². The van der Waals surface area contributed by atoms with Crippen molar-refractivity contribution in [3.63, 3.8) is 0 Å². The minimum Gasteiger partial charge on any atom is -0.374 e. The van der Waals surface area contributed by atoms with E-state index in [-0.39, 0.29) is 18.2 Å². The highest BCUT2D eigenvalue weighted by atomic mass is 16.5. The number of morpholine rings is 1. The predicted molar refractivity (Wildman–Crippen MR) is 86.9 cm³/mol. The molecule has 0 bridgehead atoms. The summed E-state index contributed by atoms with van der Waals surface area (Å²) in [6.45, 7) is 1.25. The van der Waals surface area contributed by atoms with E-state index in [9.17, 15) is 4.79 Å². The zero-order chi connectivity index (χ0) is 16.4. The first kappa shape index (κ1) is 15.1. The van der Waals surface area contributed by atoms with Crippen LogP contribution in [-0.4, -0.2) is 56.0 Å². The summed E-state index contributed by atoms with van der Waals surface area (Å²) in [7, 11) is 0. The summed E-state index contributed by atoms with van der Waals surface area (Å²) >= 11 is 0. The minimum atomic E-state index is -0.0782. The van der Waals surface area contributed by atoms with Crippen LogP contribution in [0, 0.1) is 0 Å². The Labute approximate surface area is 139 Å². The van der Waals surface area contributed by atoms with Gasteiger partial charge in [0.1, 0.15) is 12.7 Å². The first-order valence-electron chi connectivity index (χ1n) is 8.31. The van der Waals surface area contributed by atoms with Crippen LogP contribution in [0.2, 0.25) is 0 Å². The molecule has 8 nitrogen and oxygen atoms in total. The van der Waals surface area contributed by atoms with Crippen LogP contribution in [0.1, 0.15) is 25.7 Å². The SMILES string of the molecule is O=C(Nc1ccc(-n2cncn2)nc1)N1CCOC2CCCCC21. The molecule has 2 aliphatic rings. The van der Waals surface area contributed by atoms with E-state index in [2.05, 4.69) is 20.4 Å². The van der Waals surface area contributed by atoms with E-state index in [0.29, 0.717) is 24.7 Å². The molecule has 2 amide bonds. The van der Waals surface area contributed by atoms with Crippen LogP contribution < -0.4 is 5.32 Å². The minimum absolute atomic E-state index is 0.0782. The summed E-state index contributed by atoms with van der Waals surface area (Å²) in [6.07, 6.45) is 9.25. The van der Waals surface area contributed by atoms with Gasteiger partial charge in [0.25, 0.3) is 0 Å². The Kier molecular flexibility index (Phi) is 4.12. The standard InChI is InChI=1S/C16H20N6O2/c23-16(21-7-8-24-14-4-2-1-3-13(14)21)20-12-5-6-15(18-9-12)22-11-17-10-19-22/h5-6,9-11,13-14H,1-4,7-8H2,(H,20,23). The number of carbonyl (C=O) groups excluding carboxylic acids is 1. The Balaban J connectivity index is 1.43. The molecule has 4 rings (SSSR count). The van der Waals surface area contributed by atoms with Gasteiger partial charge in [-0.15, -0.1) is 0 Å². The summed E-state index contributed by atoms with van der Waals surface area (Å²) in [5.41, 5.74) is 0.669. The molecule has 126 valence electrons. The Hall–Kier alpha value is -2.48. The molecule has 0 radical (unpaired) electrons. The summed E-state index contributed by atoms with van der Waals surface area (Å²) in [6, 6.07) is 3.73. The molecular formula is C16H20N6O2. The highest BCUT2D eigenvalue weighted by molar-refractivity contribution is 5.89. The van der Waals surface area contributed by atoms with E-state index < -0.39 is 0 Å². The van der Waals surface area contributed by atoms with Gasteiger partial charge >= 0.3 is 6.03 Å². The third kappa shape index (κ3) is 2.96. The molecule has 2 aromatic rings. The predicted octanol–water partition coefficient (Wildman–Crippen LogP) is 1.84. The molecule has 8 heteroatoms. The number of fused-ring (bicyclic) bond motifs is 1. The summed E-state index contributed by atoms with van der Waals surface area (Å²) in [5.74, 6) is 0.657. The number of nitrogens with one attached hydrogen (secondary N) is 1. The van der Waals surface area contributed by atoms with Crippen molar-refractivity contribution in [2.75, 3.05) is 18.5 Å². The van der Waals surface area contributed by atoms with Crippen molar-refractivity contribution in [2.24, 2.45) is 0 Å². The normalized spacial score (nSPS) is 23.6. The fourth-order valence-corrected chi connectivity index (χ4v) is 3.47. The number of aromatic nitrogens is 4. The van der Waals surface area contributed by atoms with Crippen molar-refractivity contribution in [3.8, 4) is 5.82 Å². The van der Waals surface area contributed by atoms with Gasteiger partial charge in [0.15, 0.2) is 5.82 Å². The highest BCUT2D eigenvalue weighted by Crippen LogP contribution is 2.28. The molecular weight excluding hydrogens is 308 g/mol. The molecule has 1 saturated carbocycles. The Morgan fingerprint density at radius 1 is 1.29 bits per heavy atom. The zero-order valence-corrected chi connectivity index (χ0v) is 13.3. The fraction of sp³-hybridized carbons (Fsp3) is 0.500. The maximum atomic E-state index is 12.6. The molecule has 1 saturated heterocycles. The lowest BCUT2D eigenvalue weighted by atomic mass is 9.90. The largest absolute Gasteiger partial charge is 0.374 e. The lowest BCUT2D eigenvalue weighted by Crippen LogP contribution is -2.55. The Bertz CT molecular complexity index is 685. The van der Waals surface area contributed by atoms with Gasteiger partial charge in [0.05, 0.1) is 30.6 Å². The second-order valence-electron chi connectivity index (χ2n) is 6.13. The summed E-state index contributed by atoms with van der Waals surface area (Å²) in [5, 5.41) is 6.97. The number of hydrogen-bond donors (Lipinski definition) is 1. The summed E-state index contributed by atoms with van der Waals surface area (Å²) < 4.78 is 7.39. The number of anilines is 1. The van der Waals surface area contributed by atoms with Crippen LogP contribution in [-0.2, 0) is 4.74 Å². The molecule has 2 atom stereocenters. The molecule has 2 fully saturated rings. The van der Waals surface area contributed by atoms with E-state index in [0.717, 1.165) is 19.3 Å². The van der Waals surface area contributed by atoms with Crippen molar-refractivity contribution < 1.29 is 9.53 Å². The molecule has 2 aromatic heterocycles. The second kappa shape index (κ2) is 6.56. The fourth-order valence-electron chi connectivity index (χ4n) is 3.47. The quantitative estimate of drug-likeness (QED) is 0.909. The van der Waals surface area contributed by atoms with Gasteiger partial charge in [0.2, 0.25) is 0 Å². The number of nitrogens with zero attached hydrogens (tertiary/aromatic N) is 5. The van der Waals surface area contributed by atoms with Gasteiger partial charge < -0.3 is 15.0 Å². The third-order valence-electron chi connectivity index (χ3n) is 4.65. The maximum absolute atomic E-state index is 12.6. The molecule has 24 heavy (non-hydrogen) atoms. The first-order chi connectivity index (χ1) is 11.8. The van der Waals surface area contributed by atoms with E-state index in [1.807, 2.05) is 11.0 Å². The number of carbonyl (C=O) groups is 1. The number of amides is 2. The molecule has 2 unspecified atom stereocenters. The smallest absolute Gasteiger partial charge is 0.322 e. The third-order valence-corrected chi connectivity index (χ3v) is 4.65. The monoisotopic (exact) mass is 328 g/mol. The van der Waals surface area contributed by atoms with Crippen LogP contribution in [0.25, 0.3) is 5.82 Å². The van der Waals surface area contributed by atoms with Gasteiger partial charge in [-0.2, -0.15) is 5.10 Å². The van der Waals surface area contributed by atoms with Crippen LogP contribution >= 0.6 is 0 Å². The first-order valence-corrected chi connectivity index (χ1v) is 8.31. The number of urea groups is 1. The van der Waals surface area contributed by atoms with Gasteiger partial charge in [-0.3, -0.25) is 0 Å². The number of rotatable bonds is 2. The lowest BCUT2D eigenvalue weighted by molar-refractivity contribution is -0.0694. The lowest BCUT2D eigenvalue weighted by Gasteiger charge is -2.43. The molecule has 0 aromatic carbocycles. The van der Waals surface area contributed by atoms with Crippen LogP contribution in [0.3, 0.4) is 0 Å². The maximum Gasteiger partial charge on any atom is 0.322 e. The molecule has 1 aliphatic carbocycles. The van der Waals surface area contributed by atoms with Crippen molar-refractivity contribution >= 4 is 11.7 Å². The van der Waals surface area contributed by atoms with E-state index in [1.165, 1.54) is 12.7 Å². The van der Waals surface area contributed by atoms with Gasteiger partial charge in [-0.05, 0) is 25.0 Å². The van der Waals surface area contributed by atoms with E-state index in [4.69, 9.17) is 4.74 Å². The van der Waals surface area contributed by atoms with Crippen LogP contribution in [0.15, 0.2) is 31.0 Å². The van der Waals surface area contributed by atoms with Crippen molar-refractivity contribution in [1.82, 2.24) is 24.6 Å². The topological polar surface area (TPSA) is 85.2 Å². The van der Waals surface area contributed by atoms with Gasteiger partial charge in [0, 0.05) is 6.54 Å². The molecule has 3 heterocycles. The van der Waals surface area contributed by atoms with Gasteiger partial charge in [-0.1, -0.05) is 12.8 Å². The highest BCUT2D eigenvalue weighted by Gasteiger charge is 2.36. The van der Waals surface area contributed by atoms with Crippen molar-refractivity contribution in [2.45, 2.75) is 37.8 Å². The van der Waals surface area contributed by atoms with Crippen molar-refractivity contribution in [1.29, 1.82) is 0 Å². The van der Waals surface area contributed by atoms with Crippen LogP contribution in [0.4, 0.5) is 10.5 Å². The molecule has 1 aliphatic heterocycles. The van der Waals surface area contributed by atoms with Crippen LogP contribution in [0.5, 0.6) is 0 Å². The van der Waals surface area contributed by atoms with E-state index >= 15 is 0 Å². The molecule has 1 N–H and O–H groups in total. The number of ether oxygens (including phenoxy) is 1. The average Bonchev–Trinajstić information content (AvgIpc) is 3.16. The summed E-state index contributed by atoms with van der Waals surface area (Å²) in [4.78, 5) is 22.8. The van der Waals surface area contributed by atoms with E-state index in [1.54, 1.807) is 23.3 Å². The zero-order valence-electron chi connectivity index (χ0n) is 13.3. The number of pyridine rings is 1. The molecule has 0 spiro atoms. The Morgan fingerprint density at radius 2 is 2.21 bits per heavy atom.